The highest BCUT2D eigenvalue weighted by Crippen LogP contribution is 2.23. The molecule has 0 aliphatic carbocycles. The topological polar surface area (TPSA) is 70.8 Å². The van der Waals surface area contributed by atoms with Crippen molar-refractivity contribution in [2.45, 2.75) is 6.04 Å². The molecule has 2 rings (SSSR count). The molecule has 2 N–H and O–H groups in total. The lowest BCUT2D eigenvalue weighted by Crippen LogP contribution is -2.37. The molecule has 110 valence electrons. The average Bonchev–Trinajstić information content (AvgIpc) is 2.54. The Balaban J connectivity index is 1.89. The Kier molecular flexibility index (Phi) is 5.17. The van der Waals surface area contributed by atoms with Crippen molar-refractivity contribution < 1.29 is 19.0 Å². The third kappa shape index (κ3) is 4.50. The summed E-state index contributed by atoms with van der Waals surface area (Å²) in [5.74, 6) is 1.57. The van der Waals surface area contributed by atoms with Gasteiger partial charge >= 0.3 is 5.97 Å². The Morgan fingerprint density at radius 2 is 1.57 bits per heavy atom. The van der Waals surface area contributed by atoms with Crippen molar-refractivity contribution in [2.24, 2.45) is 5.73 Å². The number of nitrogens with two attached hydrogens (primary N) is 1. The minimum Gasteiger partial charge on any atom is -0.491 e. The first-order valence-electron chi connectivity index (χ1n) is 6.48. The lowest BCUT2D eigenvalue weighted by atomic mass is 10.3. The molecule has 21 heavy (non-hydrogen) atoms. The van der Waals surface area contributed by atoms with Gasteiger partial charge in [-0.3, -0.25) is 4.79 Å². The number of hydrogen-bond donors (Lipinski definition) is 1. The van der Waals surface area contributed by atoms with E-state index in [1.165, 1.54) is 7.11 Å². The van der Waals surface area contributed by atoms with Crippen LogP contribution in [0.1, 0.15) is 0 Å². The van der Waals surface area contributed by atoms with Gasteiger partial charge in [0.1, 0.15) is 29.9 Å². The molecule has 1 unspecified atom stereocenters. The molecule has 0 saturated heterocycles. The number of methoxy groups -OCH3 is 1. The monoisotopic (exact) mass is 287 g/mol. The maximum absolute atomic E-state index is 11.1. The van der Waals surface area contributed by atoms with E-state index in [0.29, 0.717) is 11.5 Å². The van der Waals surface area contributed by atoms with E-state index in [-0.39, 0.29) is 6.61 Å². The van der Waals surface area contributed by atoms with Crippen LogP contribution in [0.3, 0.4) is 0 Å². The van der Waals surface area contributed by atoms with Crippen LogP contribution < -0.4 is 15.2 Å². The Labute approximate surface area is 123 Å². The van der Waals surface area contributed by atoms with Crippen LogP contribution >= 0.6 is 0 Å². The molecule has 0 amide bonds. The van der Waals surface area contributed by atoms with Crippen LogP contribution in [0, 0.1) is 0 Å². The van der Waals surface area contributed by atoms with Crippen LogP contribution in [0.2, 0.25) is 0 Å². The summed E-state index contributed by atoms with van der Waals surface area (Å²) in [6.45, 7) is 0.0611. The highest BCUT2D eigenvalue weighted by Gasteiger charge is 2.14. The van der Waals surface area contributed by atoms with Gasteiger partial charge in [-0.15, -0.1) is 0 Å². The van der Waals surface area contributed by atoms with Gasteiger partial charge in [-0.2, -0.15) is 0 Å². The molecular weight excluding hydrogens is 270 g/mol. The molecule has 0 aromatic heterocycles. The Bertz CT molecular complexity index is 569. The number of rotatable bonds is 6. The minimum atomic E-state index is -0.796. The Hall–Kier alpha value is -2.53. The number of carbonyl (C=O) groups excluding carboxylic acids is 1. The highest BCUT2D eigenvalue weighted by atomic mass is 16.5. The summed E-state index contributed by atoms with van der Waals surface area (Å²) in [5, 5.41) is 0. The van der Waals surface area contributed by atoms with Crippen molar-refractivity contribution in [3.8, 4) is 17.2 Å². The van der Waals surface area contributed by atoms with Crippen LogP contribution in [0.5, 0.6) is 17.2 Å². The van der Waals surface area contributed by atoms with Gasteiger partial charge in [0.05, 0.1) is 7.11 Å². The molecule has 0 bridgehead atoms. The molecule has 0 aliphatic heterocycles. The second-order valence-corrected chi connectivity index (χ2v) is 4.33. The van der Waals surface area contributed by atoms with Crippen LogP contribution in [-0.4, -0.2) is 25.7 Å². The minimum absolute atomic E-state index is 0.0611. The van der Waals surface area contributed by atoms with Crippen LogP contribution in [-0.2, 0) is 9.53 Å². The smallest absolute Gasteiger partial charge is 0.326 e. The van der Waals surface area contributed by atoms with Crippen molar-refractivity contribution >= 4 is 5.97 Å². The molecule has 1 atom stereocenters. The predicted octanol–water partition coefficient (Wildman–Crippen LogP) is 2.36. The fraction of sp³-hybridized carbons (Fsp3) is 0.188. The Morgan fingerprint density at radius 3 is 2.19 bits per heavy atom. The van der Waals surface area contributed by atoms with Crippen LogP contribution in [0.15, 0.2) is 54.6 Å². The quantitative estimate of drug-likeness (QED) is 0.826. The van der Waals surface area contributed by atoms with E-state index in [0.717, 1.165) is 5.75 Å². The maximum atomic E-state index is 11.1. The number of esters is 1. The zero-order valence-corrected chi connectivity index (χ0v) is 11.7. The number of ether oxygens (including phenoxy) is 3. The molecule has 0 saturated carbocycles. The van der Waals surface area contributed by atoms with E-state index in [4.69, 9.17) is 15.2 Å². The van der Waals surface area contributed by atoms with E-state index < -0.39 is 12.0 Å². The van der Waals surface area contributed by atoms with Crippen molar-refractivity contribution in [3.63, 3.8) is 0 Å². The molecule has 5 heteroatoms. The van der Waals surface area contributed by atoms with Crippen LogP contribution in [0.4, 0.5) is 0 Å². The number of benzene rings is 2. The van der Waals surface area contributed by atoms with Crippen molar-refractivity contribution in [3.05, 3.63) is 54.6 Å². The maximum Gasteiger partial charge on any atom is 0.326 e. The SMILES string of the molecule is COC(=O)C(N)COc1ccc(Oc2ccccc2)cc1. The van der Waals surface area contributed by atoms with E-state index in [9.17, 15) is 4.79 Å². The highest BCUT2D eigenvalue weighted by molar-refractivity contribution is 5.75. The third-order valence-corrected chi connectivity index (χ3v) is 2.74. The molecule has 0 spiro atoms. The fourth-order valence-electron chi connectivity index (χ4n) is 1.63. The first-order chi connectivity index (χ1) is 10.2. The second kappa shape index (κ2) is 7.31. The molecule has 0 radical (unpaired) electrons. The zero-order valence-electron chi connectivity index (χ0n) is 11.7. The molecule has 0 heterocycles. The van der Waals surface area contributed by atoms with Gasteiger partial charge in [-0.25, -0.2) is 0 Å². The lowest BCUT2D eigenvalue weighted by molar-refractivity contribution is -0.142. The summed E-state index contributed by atoms with van der Waals surface area (Å²) in [6, 6.07) is 15.8. The summed E-state index contributed by atoms with van der Waals surface area (Å²) >= 11 is 0. The molecule has 0 aliphatic rings. The Morgan fingerprint density at radius 1 is 1.00 bits per heavy atom. The zero-order chi connectivity index (χ0) is 15.1. The number of hydrogen-bond acceptors (Lipinski definition) is 5. The fourth-order valence-corrected chi connectivity index (χ4v) is 1.63. The van der Waals surface area contributed by atoms with Gasteiger partial charge in [-0.05, 0) is 36.4 Å². The molecule has 5 nitrogen and oxygen atoms in total. The van der Waals surface area contributed by atoms with Gasteiger partial charge in [-0.1, -0.05) is 18.2 Å². The molecule has 2 aromatic carbocycles. The van der Waals surface area contributed by atoms with Crippen molar-refractivity contribution in [1.29, 1.82) is 0 Å². The average molecular weight is 287 g/mol. The van der Waals surface area contributed by atoms with E-state index in [2.05, 4.69) is 4.74 Å². The van der Waals surface area contributed by atoms with Crippen molar-refractivity contribution in [2.75, 3.05) is 13.7 Å². The first kappa shape index (κ1) is 14.9. The van der Waals surface area contributed by atoms with Gasteiger partial charge in [0.2, 0.25) is 0 Å². The normalized spacial score (nSPS) is 11.5. The van der Waals surface area contributed by atoms with Gasteiger partial charge in [0.15, 0.2) is 0 Å². The summed E-state index contributed by atoms with van der Waals surface area (Å²) in [5.41, 5.74) is 5.58. The third-order valence-electron chi connectivity index (χ3n) is 2.74. The summed E-state index contributed by atoms with van der Waals surface area (Å²) in [6.07, 6.45) is 0. The second-order valence-electron chi connectivity index (χ2n) is 4.33. The van der Waals surface area contributed by atoms with Gasteiger partial charge in [0.25, 0.3) is 0 Å². The molecule has 2 aromatic rings. The van der Waals surface area contributed by atoms with E-state index >= 15 is 0 Å². The van der Waals surface area contributed by atoms with Gasteiger partial charge < -0.3 is 19.9 Å². The van der Waals surface area contributed by atoms with Gasteiger partial charge in [0, 0.05) is 0 Å². The van der Waals surface area contributed by atoms with Crippen LogP contribution in [0.25, 0.3) is 0 Å². The molecular formula is C16H17NO4. The summed E-state index contributed by atoms with van der Waals surface area (Å²) in [7, 11) is 1.29. The van der Waals surface area contributed by atoms with E-state index in [1.807, 2.05) is 30.3 Å². The number of para-hydroxylation sites is 1. The lowest BCUT2D eigenvalue weighted by Gasteiger charge is -2.11. The largest absolute Gasteiger partial charge is 0.491 e. The first-order valence-corrected chi connectivity index (χ1v) is 6.48. The summed E-state index contributed by atoms with van der Waals surface area (Å²) < 4.78 is 15.6. The molecule has 0 fully saturated rings. The van der Waals surface area contributed by atoms with Crippen molar-refractivity contribution in [1.82, 2.24) is 0 Å². The predicted molar refractivity (Wildman–Crippen MR) is 78.4 cm³/mol. The van der Waals surface area contributed by atoms with E-state index in [1.54, 1.807) is 24.3 Å². The standard InChI is InChI=1S/C16H17NO4/c1-19-16(18)15(17)11-20-12-7-9-14(10-8-12)21-13-5-3-2-4-6-13/h2-10,15H,11,17H2,1H3. The number of carbonyl (C=O) groups is 1. The summed E-state index contributed by atoms with van der Waals surface area (Å²) in [4.78, 5) is 11.1.